The van der Waals surface area contributed by atoms with E-state index in [-0.39, 0.29) is 5.54 Å². The maximum atomic E-state index is 5.62. The summed E-state index contributed by atoms with van der Waals surface area (Å²) < 4.78 is 5.62. The molecule has 0 saturated carbocycles. The molecule has 0 aromatic heterocycles. The van der Waals surface area contributed by atoms with E-state index in [0.717, 1.165) is 39.4 Å². The molecular weight excluding hydrogens is 236 g/mol. The average Bonchev–Trinajstić information content (AvgIpc) is 2.32. The lowest BCUT2D eigenvalue weighted by atomic mass is 9.79. The number of rotatable bonds is 2. The number of aryl methyl sites for hydroxylation is 3. The zero-order valence-electron chi connectivity index (χ0n) is 12.3. The Kier molecular flexibility index (Phi) is 3.37. The fraction of sp³-hybridized carbons (Fsp3) is 0.625. The summed E-state index contributed by atoms with van der Waals surface area (Å²) in [6, 6.07) is 4.62. The number of nitrogens with one attached hydrogen (secondary N) is 1. The van der Waals surface area contributed by atoms with Gasteiger partial charge in [0.05, 0.1) is 18.8 Å². The van der Waals surface area contributed by atoms with Crippen LogP contribution in [-0.4, -0.2) is 44.3 Å². The molecule has 0 bridgehead atoms. The van der Waals surface area contributed by atoms with E-state index in [4.69, 9.17) is 4.74 Å². The van der Waals surface area contributed by atoms with Crippen molar-refractivity contribution in [3.05, 3.63) is 34.4 Å². The second kappa shape index (κ2) is 4.89. The van der Waals surface area contributed by atoms with Crippen LogP contribution in [0.3, 0.4) is 0 Å². The lowest BCUT2D eigenvalue weighted by molar-refractivity contribution is -0.150. The molecule has 19 heavy (non-hydrogen) atoms. The van der Waals surface area contributed by atoms with Crippen molar-refractivity contribution in [2.24, 2.45) is 0 Å². The van der Waals surface area contributed by atoms with E-state index in [2.05, 4.69) is 43.1 Å². The number of hydrogen-bond donors (Lipinski definition) is 1. The van der Waals surface area contributed by atoms with Crippen LogP contribution in [0.4, 0.5) is 0 Å². The SMILES string of the molecule is Cc1cc(C)c(C2(N3CCNCC3)COC2)c(C)c1. The first-order chi connectivity index (χ1) is 9.13. The molecular formula is C16H24N2O. The third-order valence-electron chi connectivity index (χ3n) is 4.55. The Morgan fingerprint density at radius 2 is 1.63 bits per heavy atom. The lowest BCUT2D eigenvalue weighted by Crippen LogP contribution is -2.64. The average molecular weight is 260 g/mol. The second-order valence-electron chi connectivity index (χ2n) is 6.04. The molecule has 0 amide bonds. The van der Waals surface area contributed by atoms with Crippen molar-refractivity contribution in [3.63, 3.8) is 0 Å². The third kappa shape index (κ3) is 2.10. The highest BCUT2D eigenvalue weighted by atomic mass is 16.5. The first kappa shape index (κ1) is 13.1. The van der Waals surface area contributed by atoms with Crippen LogP contribution in [0, 0.1) is 20.8 Å². The smallest absolute Gasteiger partial charge is 0.0939 e. The highest BCUT2D eigenvalue weighted by molar-refractivity contribution is 5.44. The predicted octanol–water partition coefficient (Wildman–Crippen LogP) is 1.74. The molecule has 2 heterocycles. The van der Waals surface area contributed by atoms with Crippen molar-refractivity contribution in [1.29, 1.82) is 0 Å². The van der Waals surface area contributed by atoms with Crippen molar-refractivity contribution in [2.45, 2.75) is 26.3 Å². The van der Waals surface area contributed by atoms with Gasteiger partial charge < -0.3 is 10.1 Å². The fourth-order valence-corrected chi connectivity index (χ4v) is 3.79. The first-order valence-corrected chi connectivity index (χ1v) is 7.25. The Bertz CT molecular complexity index is 451. The zero-order valence-corrected chi connectivity index (χ0v) is 12.3. The van der Waals surface area contributed by atoms with Crippen LogP contribution in [-0.2, 0) is 10.3 Å². The van der Waals surface area contributed by atoms with Gasteiger partial charge >= 0.3 is 0 Å². The van der Waals surface area contributed by atoms with Gasteiger partial charge in [0, 0.05) is 26.2 Å². The van der Waals surface area contributed by atoms with Crippen molar-refractivity contribution >= 4 is 0 Å². The van der Waals surface area contributed by atoms with Crippen molar-refractivity contribution in [1.82, 2.24) is 10.2 Å². The van der Waals surface area contributed by atoms with Crippen molar-refractivity contribution < 1.29 is 4.74 Å². The molecule has 3 rings (SSSR count). The molecule has 3 nitrogen and oxygen atoms in total. The lowest BCUT2D eigenvalue weighted by Gasteiger charge is -2.52. The van der Waals surface area contributed by atoms with Gasteiger partial charge in [0.2, 0.25) is 0 Å². The number of hydrogen-bond acceptors (Lipinski definition) is 3. The summed E-state index contributed by atoms with van der Waals surface area (Å²) in [6.07, 6.45) is 0. The van der Waals surface area contributed by atoms with Crippen molar-refractivity contribution in [2.75, 3.05) is 39.4 Å². The molecule has 104 valence electrons. The molecule has 0 radical (unpaired) electrons. The Hall–Kier alpha value is -0.900. The van der Waals surface area contributed by atoms with Gasteiger partial charge in [0.1, 0.15) is 0 Å². The van der Waals surface area contributed by atoms with Crippen LogP contribution in [0.5, 0.6) is 0 Å². The van der Waals surface area contributed by atoms with Gasteiger partial charge in [0.15, 0.2) is 0 Å². The molecule has 1 aromatic rings. The molecule has 1 aromatic carbocycles. The van der Waals surface area contributed by atoms with Crippen LogP contribution in [0.15, 0.2) is 12.1 Å². The minimum Gasteiger partial charge on any atom is -0.377 e. The standard InChI is InChI=1S/C16H24N2O/c1-12-8-13(2)15(14(3)9-12)16(10-19-11-16)18-6-4-17-5-7-18/h8-9,17H,4-7,10-11H2,1-3H3. The van der Waals surface area contributed by atoms with Gasteiger partial charge in [0.25, 0.3) is 0 Å². The van der Waals surface area contributed by atoms with E-state index in [1.165, 1.54) is 22.3 Å². The summed E-state index contributed by atoms with van der Waals surface area (Å²) in [5.74, 6) is 0. The quantitative estimate of drug-likeness (QED) is 0.876. The largest absolute Gasteiger partial charge is 0.377 e. The molecule has 3 heteroatoms. The van der Waals surface area contributed by atoms with Crippen LogP contribution in [0.1, 0.15) is 22.3 Å². The fourth-order valence-electron chi connectivity index (χ4n) is 3.79. The summed E-state index contributed by atoms with van der Waals surface area (Å²) >= 11 is 0. The van der Waals surface area contributed by atoms with Gasteiger partial charge in [-0.25, -0.2) is 0 Å². The Morgan fingerprint density at radius 1 is 1.05 bits per heavy atom. The van der Waals surface area contributed by atoms with Gasteiger partial charge in [-0.15, -0.1) is 0 Å². The second-order valence-corrected chi connectivity index (χ2v) is 6.04. The number of benzene rings is 1. The van der Waals surface area contributed by atoms with Crippen LogP contribution < -0.4 is 5.32 Å². The number of piperazine rings is 1. The molecule has 1 N–H and O–H groups in total. The highest BCUT2D eigenvalue weighted by Crippen LogP contribution is 2.40. The number of ether oxygens (including phenoxy) is 1. The molecule has 0 aliphatic carbocycles. The summed E-state index contributed by atoms with van der Waals surface area (Å²) in [6.45, 7) is 12.8. The van der Waals surface area contributed by atoms with Gasteiger partial charge in [-0.05, 0) is 37.5 Å². The zero-order chi connectivity index (χ0) is 13.5. The summed E-state index contributed by atoms with van der Waals surface area (Å²) in [5.41, 5.74) is 5.82. The van der Waals surface area contributed by atoms with E-state index in [9.17, 15) is 0 Å². The Morgan fingerprint density at radius 3 is 2.11 bits per heavy atom. The topological polar surface area (TPSA) is 24.5 Å². The van der Waals surface area contributed by atoms with E-state index < -0.39 is 0 Å². The van der Waals surface area contributed by atoms with E-state index in [1.54, 1.807) is 0 Å². The monoisotopic (exact) mass is 260 g/mol. The van der Waals surface area contributed by atoms with Gasteiger partial charge in [-0.3, -0.25) is 4.90 Å². The third-order valence-corrected chi connectivity index (χ3v) is 4.55. The minimum atomic E-state index is 0.129. The molecule has 2 fully saturated rings. The van der Waals surface area contributed by atoms with Gasteiger partial charge in [-0.2, -0.15) is 0 Å². The van der Waals surface area contributed by atoms with E-state index in [0.29, 0.717) is 0 Å². The van der Waals surface area contributed by atoms with Crippen LogP contribution in [0.25, 0.3) is 0 Å². The summed E-state index contributed by atoms with van der Waals surface area (Å²) in [5, 5.41) is 3.44. The highest BCUT2D eigenvalue weighted by Gasteiger charge is 2.47. The van der Waals surface area contributed by atoms with Crippen molar-refractivity contribution in [3.8, 4) is 0 Å². The molecule has 0 spiro atoms. The van der Waals surface area contributed by atoms with E-state index in [1.807, 2.05) is 0 Å². The maximum absolute atomic E-state index is 5.62. The molecule has 2 aliphatic rings. The minimum absolute atomic E-state index is 0.129. The maximum Gasteiger partial charge on any atom is 0.0939 e. The predicted molar refractivity (Wildman–Crippen MR) is 77.6 cm³/mol. The van der Waals surface area contributed by atoms with Gasteiger partial charge in [-0.1, -0.05) is 17.7 Å². The summed E-state index contributed by atoms with van der Waals surface area (Å²) in [4.78, 5) is 2.62. The molecule has 2 saturated heterocycles. The number of nitrogens with zero attached hydrogens (tertiary/aromatic N) is 1. The first-order valence-electron chi connectivity index (χ1n) is 7.25. The Labute approximate surface area is 115 Å². The van der Waals surface area contributed by atoms with Crippen LogP contribution >= 0.6 is 0 Å². The summed E-state index contributed by atoms with van der Waals surface area (Å²) in [7, 11) is 0. The molecule has 0 atom stereocenters. The Balaban J connectivity index is 2.02. The molecule has 2 aliphatic heterocycles. The van der Waals surface area contributed by atoms with E-state index >= 15 is 0 Å². The molecule has 0 unspecified atom stereocenters. The van der Waals surface area contributed by atoms with Crippen LogP contribution in [0.2, 0.25) is 0 Å². The normalized spacial score (nSPS) is 23.1.